The number of anilines is 1. The zero-order valence-corrected chi connectivity index (χ0v) is 23.0. The van der Waals surface area contributed by atoms with Crippen LogP contribution in [0.4, 0.5) is 10.1 Å². The highest BCUT2D eigenvalue weighted by Crippen LogP contribution is 2.39. The summed E-state index contributed by atoms with van der Waals surface area (Å²) in [6, 6.07) is 7.51. The Hall–Kier alpha value is -3.42. The normalized spacial score (nSPS) is 13.6. The molecule has 0 atom stereocenters. The Bertz CT molecular complexity index is 1150. The zero-order chi connectivity index (χ0) is 27.8. The second-order valence-corrected chi connectivity index (χ2v) is 7.84. The Balaban J connectivity index is 0.000000529. The summed E-state index contributed by atoms with van der Waals surface area (Å²) in [5, 5.41) is 5.50. The van der Waals surface area contributed by atoms with Crippen molar-refractivity contribution < 1.29 is 18.7 Å². The van der Waals surface area contributed by atoms with Gasteiger partial charge in [0.05, 0.1) is 18.1 Å². The predicted octanol–water partition coefficient (Wildman–Crippen LogP) is 6.66. The van der Waals surface area contributed by atoms with Crippen LogP contribution < -0.4 is 10.6 Å². The van der Waals surface area contributed by atoms with Gasteiger partial charge in [0.2, 0.25) is 5.91 Å². The number of H-pyrrole nitrogens is 1. The van der Waals surface area contributed by atoms with Crippen LogP contribution in [0.1, 0.15) is 50.1 Å². The molecule has 0 unspecified atom stereocenters. The number of aromatic nitrogens is 1. The van der Waals surface area contributed by atoms with Crippen LogP contribution in [0.5, 0.6) is 0 Å². The summed E-state index contributed by atoms with van der Waals surface area (Å²) in [5.41, 5.74) is 5.46. The highest BCUT2D eigenvalue weighted by molar-refractivity contribution is 6.35. The Labute approximate surface area is 224 Å². The number of benzene rings is 1. The number of carbonyl (C=O) groups is 2. The first-order valence-corrected chi connectivity index (χ1v) is 12.7. The Kier molecular flexibility index (Phi) is 14.6. The number of alkyl halides is 1. The van der Waals surface area contributed by atoms with Crippen LogP contribution in [0.15, 0.2) is 61.1 Å². The summed E-state index contributed by atoms with van der Waals surface area (Å²) in [6.45, 7) is 15.1. The molecule has 6 nitrogen and oxygen atoms in total. The van der Waals surface area contributed by atoms with Crippen molar-refractivity contribution in [3.63, 3.8) is 0 Å². The van der Waals surface area contributed by atoms with Crippen LogP contribution in [0.3, 0.4) is 0 Å². The SMILES string of the molecule is C=C/C(=C\C=C(\F)CCl)c1cccc2c1/C(=C/c1[nH]ccc1C)C(=O)N2.CC.CCOCCNC(C)=O. The Morgan fingerprint density at radius 1 is 1.24 bits per heavy atom. The van der Waals surface area contributed by atoms with Crippen molar-refractivity contribution in [3.8, 4) is 0 Å². The number of amides is 2. The fourth-order valence-corrected chi connectivity index (χ4v) is 3.41. The molecule has 1 aromatic heterocycles. The van der Waals surface area contributed by atoms with Gasteiger partial charge in [-0.1, -0.05) is 44.7 Å². The number of ether oxygens (including phenoxy) is 1. The van der Waals surface area contributed by atoms with Gasteiger partial charge in [0, 0.05) is 43.2 Å². The lowest BCUT2D eigenvalue weighted by atomic mass is 9.93. The van der Waals surface area contributed by atoms with E-state index in [1.165, 1.54) is 13.0 Å². The van der Waals surface area contributed by atoms with Gasteiger partial charge in [0.1, 0.15) is 5.83 Å². The van der Waals surface area contributed by atoms with E-state index in [1.807, 2.05) is 64.2 Å². The van der Waals surface area contributed by atoms with Crippen LogP contribution >= 0.6 is 11.6 Å². The standard InChI is InChI=1S/C21H18ClFN2O.C6H13NO2.C2H6/c1-3-14(7-8-15(23)12-22)16-5-4-6-18-20(16)17(21(26)25-18)11-19-13(2)9-10-24-19;1-3-9-5-4-7-6(2)8;1-2/h3-11,24H,1,12H2,2H3,(H,25,26);3-5H2,1-2H3,(H,7,8);1-2H3/b14-7+,15-8+,17-11-;;. The van der Waals surface area contributed by atoms with Gasteiger partial charge in [-0.2, -0.15) is 0 Å². The summed E-state index contributed by atoms with van der Waals surface area (Å²) < 4.78 is 18.4. The third kappa shape index (κ3) is 9.86. The molecule has 1 aromatic carbocycles. The van der Waals surface area contributed by atoms with E-state index < -0.39 is 5.83 Å². The molecule has 200 valence electrons. The number of aryl methyl sites for hydroxylation is 1. The molecule has 0 spiro atoms. The van der Waals surface area contributed by atoms with Gasteiger partial charge in [-0.15, -0.1) is 11.6 Å². The molecule has 2 amide bonds. The van der Waals surface area contributed by atoms with Crippen LogP contribution in [0.2, 0.25) is 0 Å². The molecule has 1 aliphatic heterocycles. The van der Waals surface area contributed by atoms with Gasteiger partial charge in [-0.05, 0) is 54.8 Å². The smallest absolute Gasteiger partial charge is 0.256 e. The molecule has 0 fully saturated rings. The summed E-state index contributed by atoms with van der Waals surface area (Å²) in [4.78, 5) is 25.9. The van der Waals surface area contributed by atoms with Gasteiger partial charge in [0.25, 0.3) is 5.91 Å². The van der Waals surface area contributed by atoms with Crippen molar-refractivity contribution in [3.05, 3.63) is 83.5 Å². The lowest BCUT2D eigenvalue weighted by Crippen LogP contribution is -2.24. The molecule has 37 heavy (non-hydrogen) atoms. The number of aromatic amines is 1. The number of carbonyl (C=O) groups excluding carboxylic acids is 2. The van der Waals surface area contributed by atoms with Crippen LogP contribution in [-0.2, 0) is 14.3 Å². The summed E-state index contributed by atoms with van der Waals surface area (Å²) in [7, 11) is 0. The molecular formula is C29H37ClFN3O3. The largest absolute Gasteiger partial charge is 0.380 e. The molecule has 8 heteroatoms. The average Bonchev–Trinajstić information content (AvgIpc) is 3.45. The lowest BCUT2D eigenvalue weighted by molar-refractivity contribution is -0.119. The fraction of sp³-hybridized carbons (Fsp3) is 0.310. The van der Waals surface area contributed by atoms with Gasteiger partial charge >= 0.3 is 0 Å². The van der Waals surface area contributed by atoms with E-state index in [1.54, 1.807) is 12.2 Å². The fourth-order valence-electron chi connectivity index (χ4n) is 3.32. The highest BCUT2D eigenvalue weighted by Gasteiger charge is 2.27. The number of hydrogen-bond donors (Lipinski definition) is 3. The van der Waals surface area contributed by atoms with Crippen LogP contribution in [0.25, 0.3) is 17.2 Å². The second-order valence-electron chi connectivity index (χ2n) is 7.57. The van der Waals surface area contributed by atoms with Crippen molar-refractivity contribution in [2.45, 2.75) is 34.6 Å². The number of allylic oxidation sites excluding steroid dienone is 5. The van der Waals surface area contributed by atoms with Crippen molar-refractivity contribution >= 4 is 46.3 Å². The third-order valence-electron chi connectivity index (χ3n) is 5.04. The number of rotatable bonds is 9. The van der Waals surface area contributed by atoms with Crippen molar-refractivity contribution in [2.24, 2.45) is 0 Å². The number of halogens is 2. The molecule has 2 aromatic rings. The average molecular weight is 530 g/mol. The predicted molar refractivity (Wildman–Crippen MR) is 153 cm³/mol. The first kappa shape index (κ1) is 31.6. The summed E-state index contributed by atoms with van der Waals surface area (Å²) >= 11 is 5.49. The van der Waals surface area contributed by atoms with E-state index >= 15 is 0 Å². The van der Waals surface area contributed by atoms with Crippen molar-refractivity contribution in [2.75, 3.05) is 31.0 Å². The van der Waals surface area contributed by atoms with E-state index in [0.717, 1.165) is 28.1 Å². The molecule has 2 heterocycles. The Morgan fingerprint density at radius 3 is 2.54 bits per heavy atom. The van der Waals surface area contributed by atoms with Gasteiger partial charge in [-0.25, -0.2) is 4.39 Å². The minimum Gasteiger partial charge on any atom is -0.380 e. The first-order chi connectivity index (χ1) is 17.8. The highest BCUT2D eigenvalue weighted by atomic mass is 35.5. The minimum atomic E-state index is -0.439. The molecule has 0 bridgehead atoms. The summed E-state index contributed by atoms with van der Waals surface area (Å²) in [5.74, 6) is -0.807. The number of fused-ring (bicyclic) bond motifs is 1. The maximum Gasteiger partial charge on any atom is 0.256 e. The molecule has 0 radical (unpaired) electrons. The quantitative estimate of drug-likeness (QED) is 0.147. The van der Waals surface area contributed by atoms with Gasteiger partial charge in [0.15, 0.2) is 0 Å². The first-order valence-electron chi connectivity index (χ1n) is 12.2. The molecule has 0 aliphatic carbocycles. The maximum atomic E-state index is 13.4. The molecule has 0 saturated heterocycles. The van der Waals surface area contributed by atoms with Gasteiger partial charge in [-0.3, -0.25) is 9.59 Å². The Morgan fingerprint density at radius 2 is 1.97 bits per heavy atom. The monoisotopic (exact) mass is 529 g/mol. The van der Waals surface area contributed by atoms with E-state index in [2.05, 4.69) is 22.2 Å². The van der Waals surface area contributed by atoms with E-state index in [0.29, 0.717) is 30.9 Å². The van der Waals surface area contributed by atoms with Crippen molar-refractivity contribution in [1.29, 1.82) is 0 Å². The van der Waals surface area contributed by atoms with E-state index in [9.17, 15) is 14.0 Å². The zero-order valence-electron chi connectivity index (χ0n) is 22.2. The number of nitrogens with one attached hydrogen (secondary N) is 3. The molecule has 0 saturated carbocycles. The van der Waals surface area contributed by atoms with Crippen molar-refractivity contribution in [1.82, 2.24) is 10.3 Å². The third-order valence-corrected chi connectivity index (χ3v) is 5.29. The van der Waals surface area contributed by atoms with E-state index in [-0.39, 0.29) is 17.7 Å². The molecular weight excluding hydrogens is 493 g/mol. The van der Waals surface area contributed by atoms with Gasteiger partial charge < -0.3 is 20.4 Å². The molecule has 1 aliphatic rings. The topological polar surface area (TPSA) is 83.2 Å². The minimum absolute atomic E-state index is 0.00490. The molecule has 3 rings (SSSR count). The van der Waals surface area contributed by atoms with Crippen LogP contribution in [-0.4, -0.2) is 42.4 Å². The lowest BCUT2D eigenvalue weighted by Gasteiger charge is -2.09. The van der Waals surface area contributed by atoms with Crippen LogP contribution in [0, 0.1) is 6.92 Å². The molecule has 3 N–H and O–H groups in total. The summed E-state index contributed by atoms with van der Waals surface area (Å²) in [6.07, 6.45) is 8.22. The second kappa shape index (κ2) is 17.1. The van der Waals surface area contributed by atoms with E-state index in [4.69, 9.17) is 16.3 Å². The maximum absolute atomic E-state index is 13.4. The number of hydrogen-bond acceptors (Lipinski definition) is 3.